The molecule has 0 saturated heterocycles. The molecule has 2 heterocycles. The van der Waals surface area contributed by atoms with Crippen LogP contribution in [0, 0.1) is 6.92 Å². The molecular weight excluding hydrogens is 398 g/mol. The number of rotatable bonds is 7. The molecule has 30 heavy (non-hydrogen) atoms. The lowest BCUT2D eigenvalue weighted by Gasteiger charge is -2.34. The quantitative estimate of drug-likeness (QED) is 0.622. The van der Waals surface area contributed by atoms with Crippen molar-refractivity contribution >= 4 is 29.0 Å². The van der Waals surface area contributed by atoms with Crippen molar-refractivity contribution in [2.75, 3.05) is 4.90 Å². The van der Waals surface area contributed by atoms with Gasteiger partial charge in [0.2, 0.25) is 5.91 Å². The second-order valence-electron chi connectivity index (χ2n) is 7.71. The van der Waals surface area contributed by atoms with Crippen LogP contribution in [0.4, 0.5) is 5.69 Å². The van der Waals surface area contributed by atoms with Gasteiger partial charge in [0.1, 0.15) is 6.04 Å². The predicted octanol–water partition coefficient (Wildman–Crippen LogP) is 3.93. The Hall–Kier alpha value is -3.13. The highest BCUT2D eigenvalue weighted by Crippen LogP contribution is 2.30. The van der Waals surface area contributed by atoms with Crippen molar-refractivity contribution in [2.45, 2.75) is 45.7 Å². The summed E-state index contributed by atoms with van der Waals surface area (Å²) in [6.07, 6.45) is 3.98. The van der Waals surface area contributed by atoms with Gasteiger partial charge in [-0.05, 0) is 74.1 Å². The summed E-state index contributed by atoms with van der Waals surface area (Å²) in [5, 5.41) is 8.61. The Kier molecular flexibility index (Phi) is 6.56. The summed E-state index contributed by atoms with van der Waals surface area (Å²) >= 11 is 1.09. The molecule has 0 fully saturated rings. The number of benzene rings is 1. The standard InChI is InChI=1S/C22H25N5O2S/c1-5-22(3,4)24-20(28)19(16-9-11-23-12-10-16)27(17-8-6-7-15(2)13-17)21(29)18-14-30-26-25-18/h6-14,19H,5H2,1-4H3,(H,24,28)/t19-/m0/s1. The zero-order valence-corrected chi connectivity index (χ0v) is 18.3. The van der Waals surface area contributed by atoms with Crippen molar-refractivity contribution < 1.29 is 9.59 Å². The molecule has 2 aromatic heterocycles. The van der Waals surface area contributed by atoms with Crippen LogP contribution in [0.25, 0.3) is 0 Å². The van der Waals surface area contributed by atoms with Crippen LogP contribution < -0.4 is 10.2 Å². The van der Waals surface area contributed by atoms with Gasteiger partial charge in [-0.15, -0.1) is 5.10 Å². The number of nitrogens with zero attached hydrogens (tertiary/aromatic N) is 4. The van der Waals surface area contributed by atoms with Gasteiger partial charge in [-0.3, -0.25) is 19.5 Å². The van der Waals surface area contributed by atoms with Crippen LogP contribution in [0.5, 0.6) is 0 Å². The Labute approximate surface area is 180 Å². The number of carbonyl (C=O) groups excluding carboxylic acids is 2. The van der Waals surface area contributed by atoms with Crippen molar-refractivity contribution in [2.24, 2.45) is 0 Å². The molecule has 0 aliphatic carbocycles. The second kappa shape index (κ2) is 9.13. The molecule has 1 aromatic carbocycles. The van der Waals surface area contributed by atoms with Crippen LogP contribution in [0.2, 0.25) is 0 Å². The average Bonchev–Trinajstić information content (AvgIpc) is 3.26. The topological polar surface area (TPSA) is 88.1 Å². The van der Waals surface area contributed by atoms with Gasteiger partial charge in [-0.2, -0.15) is 0 Å². The van der Waals surface area contributed by atoms with Crippen LogP contribution in [0.3, 0.4) is 0 Å². The van der Waals surface area contributed by atoms with Crippen molar-refractivity contribution in [1.82, 2.24) is 19.9 Å². The molecule has 2 amide bonds. The minimum Gasteiger partial charge on any atom is -0.349 e. The Morgan fingerprint density at radius 2 is 1.93 bits per heavy atom. The van der Waals surface area contributed by atoms with E-state index in [1.807, 2.05) is 52.0 Å². The van der Waals surface area contributed by atoms with Gasteiger partial charge in [0.15, 0.2) is 5.69 Å². The molecule has 0 spiro atoms. The van der Waals surface area contributed by atoms with E-state index in [4.69, 9.17) is 0 Å². The van der Waals surface area contributed by atoms with Crippen molar-refractivity contribution in [1.29, 1.82) is 0 Å². The van der Waals surface area contributed by atoms with Crippen molar-refractivity contribution in [3.8, 4) is 0 Å². The number of pyridine rings is 1. The lowest BCUT2D eigenvalue weighted by molar-refractivity contribution is -0.124. The predicted molar refractivity (Wildman–Crippen MR) is 117 cm³/mol. The monoisotopic (exact) mass is 423 g/mol. The molecule has 156 valence electrons. The van der Waals surface area contributed by atoms with Crippen LogP contribution >= 0.6 is 11.5 Å². The van der Waals surface area contributed by atoms with E-state index in [0.29, 0.717) is 11.3 Å². The first-order valence-electron chi connectivity index (χ1n) is 9.71. The molecule has 3 rings (SSSR count). The number of hydrogen-bond donors (Lipinski definition) is 1. The number of aryl methyl sites for hydroxylation is 1. The Morgan fingerprint density at radius 3 is 2.53 bits per heavy atom. The maximum atomic E-state index is 13.5. The summed E-state index contributed by atoms with van der Waals surface area (Å²) < 4.78 is 3.82. The third-order valence-corrected chi connectivity index (χ3v) is 5.46. The first-order chi connectivity index (χ1) is 14.3. The molecular formula is C22H25N5O2S. The number of hydrogen-bond acceptors (Lipinski definition) is 6. The number of aromatic nitrogens is 3. The van der Waals surface area contributed by atoms with Crippen molar-refractivity contribution in [3.63, 3.8) is 0 Å². The van der Waals surface area contributed by atoms with E-state index in [1.165, 1.54) is 4.90 Å². The summed E-state index contributed by atoms with van der Waals surface area (Å²) in [6.45, 7) is 7.86. The van der Waals surface area contributed by atoms with E-state index in [1.54, 1.807) is 29.9 Å². The van der Waals surface area contributed by atoms with Crippen LogP contribution in [-0.4, -0.2) is 31.9 Å². The van der Waals surface area contributed by atoms with Gasteiger partial charge in [-0.1, -0.05) is 23.5 Å². The summed E-state index contributed by atoms with van der Waals surface area (Å²) in [4.78, 5) is 32.6. The fraction of sp³-hybridized carbons (Fsp3) is 0.318. The van der Waals surface area contributed by atoms with Crippen molar-refractivity contribution in [3.05, 3.63) is 71.0 Å². The van der Waals surface area contributed by atoms with Crippen LogP contribution in [-0.2, 0) is 4.79 Å². The Balaban J connectivity index is 2.15. The molecule has 0 aliphatic heterocycles. The lowest BCUT2D eigenvalue weighted by Crippen LogP contribution is -2.50. The largest absolute Gasteiger partial charge is 0.349 e. The van der Waals surface area contributed by atoms with E-state index in [0.717, 1.165) is 23.5 Å². The van der Waals surface area contributed by atoms with Gasteiger partial charge in [0.05, 0.1) is 0 Å². The third kappa shape index (κ3) is 4.88. The zero-order chi connectivity index (χ0) is 21.7. The molecule has 0 radical (unpaired) electrons. The molecule has 8 heteroatoms. The highest BCUT2D eigenvalue weighted by Gasteiger charge is 2.36. The van der Waals surface area contributed by atoms with E-state index in [9.17, 15) is 9.59 Å². The average molecular weight is 424 g/mol. The first-order valence-corrected chi connectivity index (χ1v) is 10.6. The van der Waals surface area contributed by atoms with E-state index in [-0.39, 0.29) is 17.5 Å². The van der Waals surface area contributed by atoms with E-state index < -0.39 is 11.6 Å². The molecule has 1 atom stereocenters. The summed E-state index contributed by atoms with van der Waals surface area (Å²) in [7, 11) is 0. The number of amides is 2. The highest BCUT2D eigenvalue weighted by atomic mass is 32.1. The van der Waals surface area contributed by atoms with Gasteiger partial charge >= 0.3 is 0 Å². The normalized spacial score (nSPS) is 12.3. The highest BCUT2D eigenvalue weighted by molar-refractivity contribution is 7.03. The van der Waals surface area contributed by atoms with E-state index in [2.05, 4.69) is 19.9 Å². The molecule has 0 bridgehead atoms. The Morgan fingerprint density at radius 1 is 1.20 bits per heavy atom. The minimum atomic E-state index is -0.894. The van der Waals surface area contributed by atoms with Gasteiger partial charge in [-0.25, -0.2) is 0 Å². The fourth-order valence-electron chi connectivity index (χ4n) is 3.00. The number of carbonyl (C=O) groups is 2. The van der Waals surface area contributed by atoms with Gasteiger partial charge in [0, 0.05) is 29.0 Å². The number of nitrogens with one attached hydrogen (secondary N) is 1. The van der Waals surface area contributed by atoms with Gasteiger partial charge in [0.25, 0.3) is 5.91 Å². The number of anilines is 1. The first kappa shape index (κ1) is 21.6. The molecule has 7 nitrogen and oxygen atoms in total. The van der Waals surface area contributed by atoms with Gasteiger partial charge < -0.3 is 5.32 Å². The summed E-state index contributed by atoms with van der Waals surface area (Å²) in [5.41, 5.74) is 2.02. The summed E-state index contributed by atoms with van der Waals surface area (Å²) in [6, 6.07) is 10.1. The van der Waals surface area contributed by atoms with Crippen LogP contribution in [0.15, 0.2) is 54.2 Å². The SMILES string of the molecule is CCC(C)(C)NC(=O)[C@H](c1ccncc1)N(C(=O)c1csnn1)c1cccc(C)c1. The van der Waals surface area contributed by atoms with Crippen LogP contribution in [0.1, 0.15) is 54.8 Å². The summed E-state index contributed by atoms with van der Waals surface area (Å²) in [5.74, 6) is -0.660. The second-order valence-corrected chi connectivity index (χ2v) is 8.32. The molecule has 0 saturated carbocycles. The lowest BCUT2D eigenvalue weighted by atomic mass is 9.98. The molecule has 0 unspecified atom stereocenters. The Bertz CT molecular complexity index is 1010. The van der Waals surface area contributed by atoms with E-state index >= 15 is 0 Å². The maximum Gasteiger partial charge on any atom is 0.280 e. The fourth-order valence-corrected chi connectivity index (χ4v) is 3.43. The maximum absolute atomic E-state index is 13.5. The molecule has 1 N–H and O–H groups in total. The molecule has 0 aliphatic rings. The zero-order valence-electron chi connectivity index (χ0n) is 17.5. The minimum absolute atomic E-state index is 0.197. The third-order valence-electron chi connectivity index (χ3n) is 4.95. The smallest absolute Gasteiger partial charge is 0.280 e. The molecule has 3 aromatic rings.